The topological polar surface area (TPSA) is 59.3 Å². The van der Waals surface area contributed by atoms with E-state index in [1.807, 2.05) is 24.0 Å². The van der Waals surface area contributed by atoms with Crippen molar-refractivity contribution in [3.05, 3.63) is 36.4 Å². The van der Waals surface area contributed by atoms with Crippen molar-refractivity contribution in [1.82, 2.24) is 24.6 Å². The first-order chi connectivity index (χ1) is 12.1. The summed E-state index contributed by atoms with van der Waals surface area (Å²) in [4.78, 5) is 13.4. The first-order valence-electron chi connectivity index (χ1n) is 8.97. The number of likely N-dealkylation sites (tertiary alicyclic amines) is 1. The van der Waals surface area contributed by atoms with Crippen molar-refractivity contribution in [3.8, 4) is 0 Å². The van der Waals surface area contributed by atoms with Gasteiger partial charge in [0, 0.05) is 57.8 Å². The third-order valence-electron chi connectivity index (χ3n) is 5.39. The molecule has 4 heterocycles. The third kappa shape index (κ3) is 3.52. The Hall–Kier alpha value is -1.99. The van der Waals surface area contributed by atoms with Crippen LogP contribution in [-0.4, -0.2) is 63.0 Å². The van der Waals surface area contributed by atoms with Crippen LogP contribution >= 0.6 is 0 Å². The molecular formula is C18H26N6O. The molecule has 0 bridgehead atoms. The molecular weight excluding hydrogens is 316 g/mol. The third-order valence-corrected chi connectivity index (χ3v) is 5.39. The molecule has 2 aromatic heterocycles. The van der Waals surface area contributed by atoms with E-state index in [2.05, 4.69) is 38.1 Å². The lowest BCUT2D eigenvalue weighted by Crippen LogP contribution is -2.48. The quantitative estimate of drug-likeness (QED) is 0.839. The normalized spacial score (nSPS) is 27.0. The minimum absolute atomic E-state index is 0.0336. The molecule has 134 valence electrons. The molecule has 2 atom stereocenters. The number of hydrogen-bond donors (Lipinski definition) is 0. The summed E-state index contributed by atoms with van der Waals surface area (Å²) >= 11 is 0. The maximum absolute atomic E-state index is 6.35. The summed E-state index contributed by atoms with van der Waals surface area (Å²) in [6.45, 7) is 3.81. The SMILES string of the molecule is CN(c1ncccn1)[C@@H]1CO[C@]2(CCCN(Cc3cnn(C)c3)C2)C1. The van der Waals surface area contributed by atoms with E-state index in [9.17, 15) is 0 Å². The van der Waals surface area contributed by atoms with Crippen LogP contribution in [0.4, 0.5) is 5.95 Å². The van der Waals surface area contributed by atoms with Gasteiger partial charge in [-0.3, -0.25) is 9.58 Å². The predicted octanol–water partition coefficient (Wildman–Crippen LogP) is 1.47. The van der Waals surface area contributed by atoms with Gasteiger partial charge in [0.05, 0.1) is 24.4 Å². The maximum atomic E-state index is 6.35. The largest absolute Gasteiger partial charge is 0.371 e. The van der Waals surface area contributed by atoms with Crippen LogP contribution in [0.3, 0.4) is 0 Å². The van der Waals surface area contributed by atoms with Crippen LogP contribution < -0.4 is 4.90 Å². The Morgan fingerprint density at radius 2 is 2.20 bits per heavy atom. The lowest BCUT2D eigenvalue weighted by molar-refractivity contribution is -0.0533. The summed E-state index contributed by atoms with van der Waals surface area (Å²) in [5, 5.41) is 4.28. The van der Waals surface area contributed by atoms with Crippen LogP contribution in [0.2, 0.25) is 0 Å². The Kier molecular flexibility index (Phi) is 4.43. The number of hydrogen-bond acceptors (Lipinski definition) is 6. The van der Waals surface area contributed by atoms with Gasteiger partial charge >= 0.3 is 0 Å². The molecule has 0 amide bonds. The number of anilines is 1. The average Bonchev–Trinajstić information content (AvgIpc) is 3.22. The Bertz CT molecular complexity index is 705. The number of aryl methyl sites for hydroxylation is 1. The highest BCUT2D eigenvalue weighted by Crippen LogP contribution is 2.37. The van der Waals surface area contributed by atoms with Crippen LogP contribution in [0.15, 0.2) is 30.9 Å². The van der Waals surface area contributed by atoms with Crippen molar-refractivity contribution in [2.75, 3.05) is 31.6 Å². The number of piperidine rings is 1. The molecule has 0 saturated carbocycles. The van der Waals surface area contributed by atoms with Crippen LogP contribution in [0.5, 0.6) is 0 Å². The van der Waals surface area contributed by atoms with E-state index in [0.29, 0.717) is 6.04 Å². The molecule has 2 saturated heterocycles. The van der Waals surface area contributed by atoms with Crippen molar-refractivity contribution in [2.45, 2.75) is 37.5 Å². The van der Waals surface area contributed by atoms with E-state index in [1.54, 1.807) is 12.4 Å². The first-order valence-corrected chi connectivity index (χ1v) is 8.97. The summed E-state index contributed by atoms with van der Waals surface area (Å²) < 4.78 is 8.22. The molecule has 2 aromatic rings. The van der Waals surface area contributed by atoms with E-state index >= 15 is 0 Å². The summed E-state index contributed by atoms with van der Waals surface area (Å²) in [6, 6.07) is 2.18. The fourth-order valence-corrected chi connectivity index (χ4v) is 4.13. The van der Waals surface area contributed by atoms with E-state index in [1.165, 1.54) is 12.0 Å². The van der Waals surface area contributed by atoms with Gasteiger partial charge in [0.2, 0.25) is 5.95 Å². The molecule has 2 aliphatic heterocycles. The smallest absolute Gasteiger partial charge is 0.225 e. The zero-order chi connectivity index (χ0) is 17.3. The monoisotopic (exact) mass is 342 g/mol. The van der Waals surface area contributed by atoms with Crippen molar-refractivity contribution in [3.63, 3.8) is 0 Å². The second-order valence-corrected chi connectivity index (χ2v) is 7.35. The standard InChI is InChI=1S/C18H26N6O/c1-22-11-15(10-21-22)12-24-8-3-5-18(14-24)9-16(13-25-18)23(2)17-19-6-4-7-20-17/h4,6-7,10-11,16H,3,5,8-9,12-14H2,1-2H3/t16-,18+/m0/s1. The molecule has 25 heavy (non-hydrogen) atoms. The minimum Gasteiger partial charge on any atom is -0.371 e. The molecule has 0 aliphatic carbocycles. The Balaban J connectivity index is 1.40. The first kappa shape index (κ1) is 16.5. The minimum atomic E-state index is -0.0336. The highest BCUT2D eigenvalue weighted by atomic mass is 16.5. The highest BCUT2D eigenvalue weighted by molar-refractivity contribution is 5.30. The van der Waals surface area contributed by atoms with E-state index < -0.39 is 0 Å². The van der Waals surface area contributed by atoms with Crippen LogP contribution in [-0.2, 0) is 18.3 Å². The molecule has 2 aliphatic rings. The highest BCUT2D eigenvalue weighted by Gasteiger charge is 2.44. The molecule has 7 nitrogen and oxygen atoms in total. The van der Waals surface area contributed by atoms with E-state index in [-0.39, 0.29) is 5.60 Å². The van der Waals surface area contributed by atoms with Crippen LogP contribution in [0.25, 0.3) is 0 Å². The second kappa shape index (κ2) is 6.72. The van der Waals surface area contributed by atoms with Gasteiger partial charge in [-0.25, -0.2) is 9.97 Å². The summed E-state index contributed by atoms with van der Waals surface area (Å²) in [5.41, 5.74) is 1.23. The van der Waals surface area contributed by atoms with E-state index in [0.717, 1.165) is 45.0 Å². The van der Waals surface area contributed by atoms with Gasteiger partial charge in [-0.1, -0.05) is 0 Å². The number of nitrogens with zero attached hydrogens (tertiary/aromatic N) is 6. The summed E-state index contributed by atoms with van der Waals surface area (Å²) in [5.74, 6) is 0.774. The van der Waals surface area contributed by atoms with Crippen LogP contribution in [0, 0.1) is 0 Å². The van der Waals surface area contributed by atoms with Gasteiger partial charge in [-0.15, -0.1) is 0 Å². The van der Waals surface area contributed by atoms with Gasteiger partial charge in [-0.05, 0) is 25.5 Å². The fourth-order valence-electron chi connectivity index (χ4n) is 4.13. The van der Waals surface area contributed by atoms with Crippen LogP contribution in [0.1, 0.15) is 24.8 Å². The molecule has 0 unspecified atom stereocenters. The molecule has 1 spiro atoms. The molecule has 4 rings (SSSR count). The fraction of sp³-hybridized carbons (Fsp3) is 0.611. The second-order valence-electron chi connectivity index (χ2n) is 7.35. The van der Waals surface area contributed by atoms with Gasteiger partial charge in [0.1, 0.15) is 0 Å². The van der Waals surface area contributed by atoms with Crippen molar-refractivity contribution >= 4 is 5.95 Å². The van der Waals surface area contributed by atoms with Gasteiger partial charge in [0.25, 0.3) is 0 Å². The average molecular weight is 342 g/mol. The predicted molar refractivity (Wildman–Crippen MR) is 95.2 cm³/mol. The van der Waals surface area contributed by atoms with Crippen molar-refractivity contribution in [2.24, 2.45) is 7.05 Å². The van der Waals surface area contributed by atoms with Crippen molar-refractivity contribution in [1.29, 1.82) is 0 Å². The molecule has 7 heteroatoms. The zero-order valence-electron chi connectivity index (χ0n) is 15.0. The molecule has 0 aromatic carbocycles. The lowest BCUT2D eigenvalue weighted by Gasteiger charge is -2.39. The van der Waals surface area contributed by atoms with Gasteiger partial charge < -0.3 is 9.64 Å². The summed E-state index contributed by atoms with van der Waals surface area (Å²) in [6.07, 6.45) is 11.0. The lowest BCUT2D eigenvalue weighted by atomic mass is 9.88. The Morgan fingerprint density at radius 3 is 2.96 bits per heavy atom. The van der Waals surface area contributed by atoms with Crippen molar-refractivity contribution < 1.29 is 4.74 Å². The van der Waals surface area contributed by atoms with Gasteiger partial charge in [-0.2, -0.15) is 5.10 Å². The van der Waals surface area contributed by atoms with E-state index in [4.69, 9.17) is 4.74 Å². The maximum Gasteiger partial charge on any atom is 0.225 e. The molecule has 2 fully saturated rings. The Morgan fingerprint density at radius 1 is 1.36 bits per heavy atom. The zero-order valence-corrected chi connectivity index (χ0v) is 15.0. The molecule has 0 radical (unpaired) electrons. The molecule has 0 N–H and O–H groups in total. The number of aromatic nitrogens is 4. The van der Waals surface area contributed by atoms with Gasteiger partial charge in [0.15, 0.2) is 0 Å². The summed E-state index contributed by atoms with van der Waals surface area (Å²) in [7, 11) is 4.03. The number of likely N-dealkylation sites (N-methyl/N-ethyl adjacent to an activating group) is 1. The Labute approximate surface area is 148 Å². The number of rotatable bonds is 4. The number of ether oxygens (including phenoxy) is 1.